The summed E-state index contributed by atoms with van der Waals surface area (Å²) in [5, 5.41) is 9.63. The summed E-state index contributed by atoms with van der Waals surface area (Å²) in [4.78, 5) is 11.3. The number of hydrogen-bond donors (Lipinski definition) is 1. The van der Waals surface area contributed by atoms with E-state index < -0.39 is 6.10 Å². The zero-order valence-corrected chi connectivity index (χ0v) is 7.72. The molecule has 2 nitrogen and oxygen atoms in total. The monoisotopic (exact) mass is 166 g/mol. The first-order valence-corrected chi connectivity index (χ1v) is 3.97. The van der Waals surface area contributed by atoms with Crippen molar-refractivity contribution in [3.8, 4) is 0 Å². The average molecular weight is 166 g/mol. The average Bonchev–Trinajstić information content (AvgIpc) is 1.97. The zero-order chi connectivity index (χ0) is 9.52. The van der Waals surface area contributed by atoms with Gasteiger partial charge in [-0.25, -0.2) is 0 Å². The molecule has 0 aromatic rings. The maximum Gasteiger partial charge on any atom is 0.186 e. The van der Waals surface area contributed by atoms with Crippen molar-refractivity contribution in [1.29, 1.82) is 0 Å². The van der Waals surface area contributed by atoms with E-state index in [2.05, 4.69) is 6.58 Å². The minimum Gasteiger partial charge on any atom is -0.387 e. The van der Waals surface area contributed by atoms with Gasteiger partial charge in [0.1, 0.15) is 0 Å². The Kier molecular flexibility index (Phi) is 1.96. The number of allylic oxidation sites excluding steroid dienone is 1. The van der Waals surface area contributed by atoms with Gasteiger partial charge in [0, 0.05) is 11.0 Å². The number of carbonyl (C=O) groups excluding carboxylic acids is 1. The third kappa shape index (κ3) is 1.23. The quantitative estimate of drug-likeness (QED) is 0.553. The lowest BCUT2D eigenvalue weighted by Gasteiger charge is -2.32. The van der Waals surface area contributed by atoms with Crippen LogP contribution in [0.1, 0.15) is 20.8 Å². The molecule has 66 valence electrons. The summed E-state index contributed by atoms with van der Waals surface area (Å²) >= 11 is 0. The molecule has 0 aliphatic heterocycles. The van der Waals surface area contributed by atoms with Gasteiger partial charge in [0.05, 0.1) is 6.10 Å². The Balaban J connectivity index is 3.17. The van der Waals surface area contributed by atoms with E-state index in [-0.39, 0.29) is 11.2 Å². The molecule has 0 amide bonds. The van der Waals surface area contributed by atoms with E-state index in [0.717, 1.165) is 0 Å². The fraction of sp³-hybridized carbons (Fsp3) is 0.500. The molecule has 1 unspecified atom stereocenters. The van der Waals surface area contributed by atoms with Gasteiger partial charge in [-0.3, -0.25) is 4.79 Å². The minimum absolute atomic E-state index is 0.123. The Morgan fingerprint density at radius 1 is 1.58 bits per heavy atom. The molecule has 0 aromatic heterocycles. The third-order valence-corrected chi connectivity index (χ3v) is 2.27. The van der Waals surface area contributed by atoms with Crippen molar-refractivity contribution in [2.75, 3.05) is 0 Å². The zero-order valence-electron chi connectivity index (χ0n) is 7.72. The molecule has 0 saturated heterocycles. The summed E-state index contributed by atoms with van der Waals surface area (Å²) in [6, 6.07) is 0. The minimum atomic E-state index is -0.742. The summed E-state index contributed by atoms with van der Waals surface area (Å²) in [5.74, 6) is -0.123. The molecule has 0 aromatic carbocycles. The molecule has 1 N–H and O–H groups in total. The predicted molar refractivity (Wildman–Crippen MR) is 47.7 cm³/mol. The van der Waals surface area contributed by atoms with E-state index >= 15 is 0 Å². The molecule has 12 heavy (non-hydrogen) atoms. The molecule has 1 rings (SSSR count). The second-order valence-electron chi connectivity index (χ2n) is 3.91. The summed E-state index contributed by atoms with van der Waals surface area (Å²) in [7, 11) is 0. The van der Waals surface area contributed by atoms with Crippen molar-refractivity contribution in [2.45, 2.75) is 26.9 Å². The van der Waals surface area contributed by atoms with Gasteiger partial charge in [-0.2, -0.15) is 0 Å². The van der Waals surface area contributed by atoms with Crippen LogP contribution in [0.5, 0.6) is 0 Å². The number of rotatable bonds is 0. The van der Waals surface area contributed by atoms with Crippen LogP contribution in [-0.4, -0.2) is 17.0 Å². The highest BCUT2D eigenvalue weighted by Crippen LogP contribution is 2.33. The Bertz CT molecular complexity index is 272. The highest BCUT2D eigenvalue weighted by Gasteiger charge is 2.35. The van der Waals surface area contributed by atoms with Gasteiger partial charge in [-0.05, 0) is 12.5 Å². The molecule has 0 heterocycles. The topological polar surface area (TPSA) is 37.3 Å². The van der Waals surface area contributed by atoms with Crippen LogP contribution >= 0.6 is 0 Å². The van der Waals surface area contributed by atoms with Gasteiger partial charge in [0.15, 0.2) is 5.78 Å². The largest absolute Gasteiger partial charge is 0.387 e. The maximum atomic E-state index is 11.3. The summed E-state index contributed by atoms with van der Waals surface area (Å²) in [5.41, 5.74) is 0.616. The number of aliphatic hydroxyl groups excluding tert-OH is 1. The number of aliphatic hydroxyl groups is 1. The molecule has 0 saturated carbocycles. The van der Waals surface area contributed by atoms with Crippen molar-refractivity contribution in [3.05, 3.63) is 23.8 Å². The lowest BCUT2D eigenvalue weighted by atomic mass is 9.75. The van der Waals surface area contributed by atoms with E-state index in [1.807, 2.05) is 13.8 Å². The lowest BCUT2D eigenvalue weighted by molar-refractivity contribution is -0.114. The maximum absolute atomic E-state index is 11.3. The van der Waals surface area contributed by atoms with E-state index in [1.54, 1.807) is 13.0 Å². The van der Waals surface area contributed by atoms with Crippen molar-refractivity contribution < 1.29 is 9.90 Å². The van der Waals surface area contributed by atoms with Gasteiger partial charge in [0.2, 0.25) is 0 Å². The second kappa shape index (κ2) is 2.56. The molecule has 1 aliphatic rings. The lowest BCUT2D eigenvalue weighted by Crippen LogP contribution is -2.36. The molecule has 1 aliphatic carbocycles. The molecular formula is C10H14O2. The SMILES string of the molecule is C=C1C(=O)C(C)=CC(C)(C)C1O. The highest BCUT2D eigenvalue weighted by molar-refractivity contribution is 6.09. The third-order valence-electron chi connectivity index (χ3n) is 2.27. The standard InChI is InChI=1S/C10H14O2/c1-6-5-10(3,4)9(12)7(2)8(6)11/h5,9,12H,2H2,1,3-4H3. The van der Waals surface area contributed by atoms with Gasteiger partial charge in [-0.1, -0.05) is 26.5 Å². The number of Topliss-reactive ketones (excluding diaryl/α,β-unsaturated/α-hetero) is 1. The van der Waals surface area contributed by atoms with Crippen LogP contribution in [0.15, 0.2) is 23.8 Å². The summed E-state index contributed by atoms with van der Waals surface area (Å²) in [6.07, 6.45) is 1.06. The summed E-state index contributed by atoms with van der Waals surface area (Å²) < 4.78 is 0. The van der Waals surface area contributed by atoms with Gasteiger partial charge in [-0.15, -0.1) is 0 Å². The van der Waals surface area contributed by atoms with Crippen molar-refractivity contribution in [2.24, 2.45) is 5.41 Å². The first kappa shape index (κ1) is 9.20. The van der Waals surface area contributed by atoms with Crippen LogP contribution < -0.4 is 0 Å². The fourth-order valence-electron chi connectivity index (χ4n) is 1.53. The Morgan fingerprint density at radius 2 is 2.08 bits per heavy atom. The Hall–Kier alpha value is -0.890. The van der Waals surface area contributed by atoms with Crippen LogP contribution in [0.2, 0.25) is 0 Å². The molecule has 1 atom stereocenters. The van der Waals surface area contributed by atoms with E-state index in [1.165, 1.54) is 0 Å². The number of ketones is 1. The first-order valence-electron chi connectivity index (χ1n) is 3.97. The molecule has 0 radical (unpaired) electrons. The smallest absolute Gasteiger partial charge is 0.186 e. The molecule has 2 heteroatoms. The van der Waals surface area contributed by atoms with Gasteiger partial charge in [0.25, 0.3) is 0 Å². The summed E-state index contributed by atoms with van der Waals surface area (Å²) in [6.45, 7) is 9.11. The normalized spacial score (nSPS) is 28.7. The van der Waals surface area contributed by atoms with Crippen LogP contribution in [0, 0.1) is 5.41 Å². The van der Waals surface area contributed by atoms with Crippen LogP contribution in [0.25, 0.3) is 0 Å². The molecule has 0 fully saturated rings. The number of carbonyl (C=O) groups is 1. The number of hydrogen-bond acceptors (Lipinski definition) is 2. The second-order valence-corrected chi connectivity index (χ2v) is 3.91. The van der Waals surface area contributed by atoms with Crippen molar-refractivity contribution in [3.63, 3.8) is 0 Å². The van der Waals surface area contributed by atoms with Crippen LogP contribution in [0.4, 0.5) is 0 Å². The van der Waals surface area contributed by atoms with E-state index in [4.69, 9.17) is 0 Å². The van der Waals surface area contributed by atoms with Crippen LogP contribution in [0.3, 0.4) is 0 Å². The van der Waals surface area contributed by atoms with Crippen molar-refractivity contribution in [1.82, 2.24) is 0 Å². The van der Waals surface area contributed by atoms with Gasteiger partial charge >= 0.3 is 0 Å². The van der Waals surface area contributed by atoms with Gasteiger partial charge < -0.3 is 5.11 Å². The highest BCUT2D eigenvalue weighted by atomic mass is 16.3. The van der Waals surface area contributed by atoms with Crippen molar-refractivity contribution >= 4 is 5.78 Å². The Morgan fingerprint density at radius 3 is 2.58 bits per heavy atom. The first-order chi connectivity index (χ1) is 5.36. The van der Waals surface area contributed by atoms with E-state index in [0.29, 0.717) is 11.1 Å². The Labute approximate surface area is 72.6 Å². The molecule has 0 bridgehead atoms. The molecular weight excluding hydrogens is 152 g/mol. The fourth-order valence-corrected chi connectivity index (χ4v) is 1.53. The predicted octanol–water partition coefficient (Wildman–Crippen LogP) is 1.46. The van der Waals surface area contributed by atoms with Crippen LogP contribution in [-0.2, 0) is 4.79 Å². The van der Waals surface area contributed by atoms with E-state index in [9.17, 15) is 9.90 Å². The molecule has 0 spiro atoms.